The highest BCUT2D eigenvalue weighted by Gasteiger charge is 2.28. The van der Waals surface area contributed by atoms with Crippen molar-refractivity contribution in [2.24, 2.45) is 5.92 Å². The SMILES string of the molecule is CCCC1C=C2OC2=CC1. The Hall–Kier alpha value is -0.720. The van der Waals surface area contributed by atoms with E-state index in [1.54, 1.807) is 0 Å². The normalized spacial score (nSPS) is 27.9. The van der Waals surface area contributed by atoms with Gasteiger partial charge in [0.25, 0.3) is 0 Å². The second-order valence-electron chi connectivity index (χ2n) is 2.99. The lowest BCUT2D eigenvalue weighted by Gasteiger charge is -2.07. The van der Waals surface area contributed by atoms with Crippen molar-refractivity contribution in [3.63, 3.8) is 0 Å². The van der Waals surface area contributed by atoms with Gasteiger partial charge in [-0.3, -0.25) is 0 Å². The summed E-state index contributed by atoms with van der Waals surface area (Å²) in [5.74, 6) is 3.03. The average Bonchev–Trinajstić information content (AvgIpc) is 2.66. The standard InChI is InChI=1S/C9H12O/c1-2-3-7-4-5-8-9(6-7)10-8/h5-7H,2-4H2,1H3. The molecule has 1 nitrogen and oxygen atoms in total. The Morgan fingerprint density at radius 1 is 1.60 bits per heavy atom. The molecule has 0 aromatic carbocycles. The summed E-state index contributed by atoms with van der Waals surface area (Å²) >= 11 is 0. The number of fused-ring (bicyclic) bond motifs is 1. The molecule has 0 radical (unpaired) electrons. The molecule has 1 atom stereocenters. The predicted molar refractivity (Wildman–Crippen MR) is 40.3 cm³/mol. The zero-order valence-electron chi connectivity index (χ0n) is 6.26. The molecule has 0 N–H and O–H groups in total. The minimum Gasteiger partial charge on any atom is -0.450 e. The summed E-state index contributed by atoms with van der Waals surface area (Å²) in [5, 5.41) is 0. The lowest BCUT2D eigenvalue weighted by Crippen LogP contribution is -1.95. The molecule has 54 valence electrons. The summed E-state index contributed by atoms with van der Waals surface area (Å²) < 4.78 is 5.18. The van der Waals surface area contributed by atoms with E-state index < -0.39 is 0 Å². The van der Waals surface area contributed by atoms with E-state index in [2.05, 4.69) is 19.1 Å². The van der Waals surface area contributed by atoms with Crippen LogP contribution in [-0.4, -0.2) is 0 Å². The number of hydrogen-bond acceptors (Lipinski definition) is 1. The third-order valence-corrected chi connectivity index (χ3v) is 2.07. The Bertz CT molecular complexity index is 201. The van der Waals surface area contributed by atoms with Crippen LogP contribution in [0.4, 0.5) is 0 Å². The maximum absolute atomic E-state index is 5.18. The molecule has 0 spiro atoms. The van der Waals surface area contributed by atoms with Crippen LogP contribution in [-0.2, 0) is 4.74 Å². The van der Waals surface area contributed by atoms with E-state index in [0.717, 1.165) is 17.4 Å². The summed E-state index contributed by atoms with van der Waals surface area (Å²) in [6, 6.07) is 0. The number of rotatable bonds is 2. The van der Waals surface area contributed by atoms with Crippen LogP contribution >= 0.6 is 0 Å². The van der Waals surface area contributed by atoms with Crippen LogP contribution in [0.25, 0.3) is 0 Å². The minimum atomic E-state index is 0.756. The molecule has 1 unspecified atom stereocenters. The fraction of sp³-hybridized carbons (Fsp3) is 0.556. The van der Waals surface area contributed by atoms with Crippen molar-refractivity contribution in [2.75, 3.05) is 0 Å². The van der Waals surface area contributed by atoms with Crippen molar-refractivity contribution < 1.29 is 4.74 Å². The van der Waals surface area contributed by atoms with E-state index in [1.165, 1.54) is 19.3 Å². The van der Waals surface area contributed by atoms with Gasteiger partial charge >= 0.3 is 0 Å². The lowest BCUT2D eigenvalue weighted by molar-refractivity contribution is 0.550. The van der Waals surface area contributed by atoms with Crippen LogP contribution in [0.15, 0.2) is 23.7 Å². The van der Waals surface area contributed by atoms with Crippen LogP contribution in [0.2, 0.25) is 0 Å². The van der Waals surface area contributed by atoms with Gasteiger partial charge in [0.05, 0.1) is 0 Å². The second-order valence-corrected chi connectivity index (χ2v) is 2.99. The van der Waals surface area contributed by atoms with E-state index in [9.17, 15) is 0 Å². The molecule has 2 rings (SSSR count). The summed E-state index contributed by atoms with van der Waals surface area (Å²) in [6.45, 7) is 2.23. The van der Waals surface area contributed by atoms with Crippen LogP contribution in [0.1, 0.15) is 26.2 Å². The first-order chi connectivity index (χ1) is 4.90. The molecule has 0 amide bonds. The quantitative estimate of drug-likeness (QED) is 0.531. The first kappa shape index (κ1) is 6.02. The highest BCUT2D eigenvalue weighted by atomic mass is 16.6. The number of hydrogen-bond donors (Lipinski definition) is 0. The third kappa shape index (κ3) is 0.962. The smallest absolute Gasteiger partial charge is 0.166 e. The number of epoxide rings is 1. The van der Waals surface area contributed by atoms with Gasteiger partial charge in [-0.1, -0.05) is 13.3 Å². The third-order valence-electron chi connectivity index (χ3n) is 2.07. The van der Waals surface area contributed by atoms with E-state index in [1.807, 2.05) is 0 Å². The first-order valence-corrected chi connectivity index (χ1v) is 4.00. The largest absolute Gasteiger partial charge is 0.450 e. The van der Waals surface area contributed by atoms with E-state index in [0.29, 0.717) is 0 Å². The summed E-state index contributed by atoms with van der Waals surface area (Å²) in [5.41, 5.74) is 0. The monoisotopic (exact) mass is 136 g/mol. The molecular formula is C9H12O. The zero-order chi connectivity index (χ0) is 6.97. The number of ether oxygens (including phenoxy) is 1. The molecule has 1 aliphatic heterocycles. The van der Waals surface area contributed by atoms with Gasteiger partial charge in [0.2, 0.25) is 0 Å². The molecule has 1 saturated heterocycles. The van der Waals surface area contributed by atoms with E-state index in [-0.39, 0.29) is 0 Å². The topological polar surface area (TPSA) is 12.5 Å². The Balaban J connectivity index is 1.98. The van der Waals surface area contributed by atoms with E-state index in [4.69, 9.17) is 4.74 Å². The van der Waals surface area contributed by atoms with Crippen molar-refractivity contribution in [1.29, 1.82) is 0 Å². The van der Waals surface area contributed by atoms with Gasteiger partial charge in [0.1, 0.15) is 0 Å². The van der Waals surface area contributed by atoms with Crippen molar-refractivity contribution >= 4 is 0 Å². The molecule has 0 aromatic rings. The molecule has 0 aromatic heterocycles. The fourth-order valence-electron chi connectivity index (χ4n) is 1.46. The van der Waals surface area contributed by atoms with Gasteiger partial charge in [-0.25, -0.2) is 0 Å². The maximum atomic E-state index is 5.18. The molecule has 1 fully saturated rings. The number of allylic oxidation sites excluding steroid dienone is 2. The van der Waals surface area contributed by atoms with Gasteiger partial charge in [0, 0.05) is 0 Å². The molecule has 2 aliphatic rings. The van der Waals surface area contributed by atoms with Crippen molar-refractivity contribution in [2.45, 2.75) is 26.2 Å². The van der Waals surface area contributed by atoms with Gasteiger partial charge in [-0.15, -0.1) is 0 Å². The summed E-state index contributed by atoms with van der Waals surface area (Å²) in [7, 11) is 0. The lowest BCUT2D eigenvalue weighted by atomic mass is 9.96. The Morgan fingerprint density at radius 3 is 3.20 bits per heavy atom. The van der Waals surface area contributed by atoms with Crippen molar-refractivity contribution in [1.82, 2.24) is 0 Å². The minimum absolute atomic E-state index is 0.756. The predicted octanol–water partition coefficient (Wildman–Crippen LogP) is 2.60. The summed E-state index contributed by atoms with van der Waals surface area (Å²) in [6.07, 6.45) is 8.23. The molecule has 0 saturated carbocycles. The molecule has 0 bridgehead atoms. The van der Waals surface area contributed by atoms with Gasteiger partial charge in [-0.05, 0) is 30.9 Å². The van der Waals surface area contributed by atoms with Crippen LogP contribution in [0, 0.1) is 5.92 Å². The van der Waals surface area contributed by atoms with Crippen molar-refractivity contribution in [3.8, 4) is 0 Å². The van der Waals surface area contributed by atoms with Gasteiger partial charge < -0.3 is 4.74 Å². The van der Waals surface area contributed by atoms with Crippen LogP contribution in [0.3, 0.4) is 0 Å². The van der Waals surface area contributed by atoms with Crippen molar-refractivity contribution in [3.05, 3.63) is 23.7 Å². The summed E-state index contributed by atoms with van der Waals surface area (Å²) in [4.78, 5) is 0. The molecule has 1 aliphatic carbocycles. The molecular weight excluding hydrogens is 124 g/mol. The maximum Gasteiger partial charge on any atom is 0.166 e. The van der Waals surface area contributed by atoms with Gasteiger partial charge in [-0.2, -0.15) is 0 Å². The molecule has 10 heavy (non-hydrogen) atoms. The zero-order valence-corrected chi connectivity index (χ0v) is 6.26. The fourth-order valence-corrected chi connectivity index (χ4v) is 1.46. The second kappa shape index (κ2) is 2.15. The van der Waals surface area contributed by atoms with E-state index >= 15 is 0 Å². The van der Waals surface area contributed by atoms with Crippen LogP contribution in [0.5, 0.6) is 0 Å². The Morgan fingerprint density at radius 2 is 2.50 bits per heavy atom. The average molecular weight is 136 g/mol. The van der Waals surface area contributed by atoms with Gasteiger partial charge in [0.15, 0.2) is 11.5 Å². The molecule has 1 heteroatoms. The highest BCUT2D eigenvalue weighted by Crippen LogP contribution is 2.39. The van der Waals surface area contributed by atoms with Crippen LogP contribution < -0.4 is 0 Å². The molecule has 1 heterocycles. The Kier molecular flexibility index (Phi) is 1.30. The first-order valence-electron chi connectivity index (χ1n) is 4.00. The highest BCUT2D eigenvalue weighted by molar-refractivity contribution is 5.38. The Labute approximate surface area is 61.4 Å².